The third-order valence-electron chi connectivity index (χ3n) is 1.95. The van der Waals surface area contributed by atoms with Gasteiger partial charge in [-0.25, -0.2) is 9.18 Å². The van der Waals surface area contributed by atoms with Crippen LogP contribution in [0, 0.1) is 5.82 Å². The van der Waals surface area contributed by atoms with E-state index in [1.54, 1.807) is 0 Å². The molecule has 0 saturated heterocycles. The Bertz CT molecular complexity index is 338. The molecule has 2 amide bonds. The van der Waals surface area contributed by atoms with Crippen molar-refractivity contribution in [2.45, 2.75) is 0 Å². The summed E-state index contributed by atoms with van der Waals surface area (Å²) < 4.78 is 12.6. The number of nitrogens with zero attached hydrogens (tertiary/aromatic N) is 1. The summed E-state index contributed by atoms with van der Waals surface area (Å²) in [6.45, 7) is 1.34. The molecule has 4 nitrogen and oxygen atoms in total. The number of amides is 2. The van der Waals surface area contributed by atoms with Crippen LogP contribution in [0.4, 0.5) is 14.9 Å². The molecule has 0 aliphatic rings. The molecule has 0 aromatic heterocycles. The summed E-state index contributed by atoms with van der Waals surface area (Å²) in [6, 6.07) is 5.35. The summed E-state index contributed by atoms with van der Waals surface area (Å²) in [6.07, 6.45) is 0. The number of anilines is 1. The van der Waals surface area contributed by atoms with E-state index in [4.69, 9.17) is 0 Å². The SMILES string of the molecule is CN(C)CCNC(=O)Nc1ccc(F)cc1. The first kappa shape index (κ1) is 12.4. The number of urea groups is 1. The van der Waals surface area contributed by atoms with Crippen LogP contribution in [-0.4, -0.2) is 38.1 Å². The fraction of sp³-hybridized carbons (Fsp3) is 0.364. The Morgan fingerprint density at radius 2 is 1.94 bits per heavy atom. The van der Waals surface area contributed by atoms with Gasteiger partial charge < -0.3 is 15.5 Å². The van der Waals surface area contributed by atoms with E-state index in [2.05, 4.69) is 10.6 Å². The Balaban J connectivity index is 2.31. The molecule has 0 unspecified atom stereocenters. The monoisotopic (exact) mass is 225 g/mol. The smallest absolute Gasteiger partial charge is 0.319 e. The standard InChI is InChI=1S/C11H16FN3O/c1-15(2)8-7-13-11(16)14-10-5-3-9(12)4-6-10/h3-6H,7-8H2,1-2H3,(H2,13,14,16). The highest BCUT2D eigenvalue weighted by atomic mass is 19.1. The van der Waals surface area contributed by atoms with Crippen molar-refractivity contribution in [3.8, 4) is 0 Å². The first-order valence-corrected chi connectivity index (χ1v) is 5.03. The van der Waals surface area contributed by atoms with E-state index in [0.29, 0.717) is 12.2 Å². The number of hydrogen-bond acceptors (Lipinski definition) is 2. The van der Waals surface area contributed by atoms with Crippen molar-refractivity contribution in [3.63, 3.8) is 0 Å². The molecule has 0 saturated carbocycles. The summed E-state index contributed by atoms with van der Waals surface area (Å²) in [5.74, 6) is -0.321. The van der Waals surface area contributed by atoms with Gasteiger partial charge in [0.05, 0.1) is 0 Å². The van der Waals surface area contributed by atoms with E-state index < -0.39 is 0 Å². The molecule has 0 heterocycles. The number of benzene rings is 1. The van der Waals surface area contributed by atoms with Crippen LogP contribution in [0.1, 0.15) is 0 Å². The lowest BCUT2D eigenvalue weighted by molar-refractivity contribution is 0.250. The molecule has 1 rings (SSSR count). The van der Waals surface area contributed by atoms with Crippen LogP contribution >= 0.6 is 0 Å². The van der Waals surface area contributed by atoms with Gasteiger partial charge in [0.1, 0.15) is 5.82 Å². The van der Waals surface area contributed by atoms with Crippen LogP contribution in [0.25, 0.3) is 0 Å². The van der Waals surface area contributed by atoms with Crippen molar-refractivity contribution in [1.29, 1.82) is 0 Å². The first-order chi connectivity index (χ1) is 7.58. The van der Waals surface area contributed by atoms with Crippen molar-refractivity contribution < 1.29 is 9.18 Å². The highest BCUT2D eigenvalue weighted by molar-refractivity contribution is 5.89. The predicted molar refractivity (Wildman–Crippen MR) is 62.0 cm³/mol. The molecule has 0 aliphatic heterocycles. The molecule has 5 heteroatoms. The third kappa shape index (κ3) is 4.75. The zero-order valence-electron chi connectivity index (χ0n) is 9.46. The molecule has 0 bridgehead atoms. The molecule has 16 heavy (non-hydrogen) atoms. The van der Waals surface area contributed by atoms with Gasteiger partial charge in [0.25, 0.3) is 0 Å². The molecule has 0 aliphatic carbocycles. The second-order valence-electron chi connectivity index (χ2n) is 3.69. The molecule has 0 radical (unpaired) electrons. The Kier molecular flexibility index (Phi) is 4.72. The summed E-state index contributed by atoms with van der Waals surface area (Å²) in [4.78, 5) is 13.3. The number of carbonyl (C=O) groups excluding carboxylic acids is 1. The van der Waals surface area contributed by atoms with Crippen LogP contribution in [0.15, 0.2) is 24.3 Å². The number of halogens is 1. The summed E-state index contributed by atoms with van der Waals surface area (Å²) in [5, 5.41) is 5.30. The van der Waals surface area contributed by atoms with E-state index in [1.807, 2.05) is 19.0 Å². The van der Waals surface area contributed by atoms with E-state index in [9.17, 15) is 9.18 Å². The van der Waals surface area contributed by atoms with Crippen molar-refractivity contribution in [2.75, 3.05) is 32.5 Å². The minimum atomic E-state index is -0.321. The molecule has 1 aromatic rings. The van der Waals surface area contributed by atoms with E-state index >= 15 is 0 Å². The van der Waals surface area contributed by atoms with Crippen LogP contribution in [-0.2, 0) is 0 Å². The summed E-state index contributed by atoms with van der Waals surface area (Å²) >= 11 is 0. The Labute approximate surface area is 94.4 Å². The molecular formula is C11H16FN3O. The molecule has 0 fully saturated rings. The topological polar surface area (TPSA) is 44.4 Å². The van der Waals surface area contributed by atoms with Crippen molar-refractivity contribution in [3.05, 3.63) is 30.1 Å². The highest BCUT2D eigenvalue weighted by Crippen LogP contribution is 2.07. The summed E-state index contributed by atoms with van der Waals surface area (Å²) in [7, 11) is 3.86. The second kappa shape index (κ2) is 6.07. The minimum absolute atomic E-state index is 0.284. The zero-order chi connectivity index (χ0) is 12.0. The fourth-order valence-corrected chi connectivity index (χ4v) is 1.10. The number of hydrogen-bond donors (Lipinski definition) is 2. The molecular weight excluding hydrogens is 209 g/mol. The predicted octanol–water partition coefficient (Wildman–Crippen LogP) is 1.51. The number of nitrogens with one attached hydrogen (secondary N) is 2. The maximum Gasteiger partial charge on any atom is 0.319 e. The number of carbonyl (C=O) groups is 1. The highest BCUT2D eigenvalue weighted by Gasteiger charge is 2.00. The average molecular weight is 225 g/mol. The summed E-state index contributed by atoms with van der Waals surface area (Å²) in [5.41, 5.74) is 0.573. The van der Waals surface area contributed by atoms with Gasteiger partial charge in [-0.2, -0.15) is 0 Å². The molecule has 0 atom stereocenters. The Hall–Kier alpha value is -1.62. The van der Waals surface area contributed by atoms with Gasteiger partial charge in [0.15, 0.2) is 0 Å². The Morgan fingerprint density at radius 1 is 1.31 bits per heavy atom. The molecule has 2 N–H and O–H groups in total. The van der Waals surface area contributed by atoms with Gasteiger partial charge in [0, 0.05) is 18.8 Å². The molecule has 1 aromatic carbocycles. The minimum Gasteiger partial charge on any atom is -0.337 e. The zero-order valence-corrected chi connectivity index (χ0v) is 9.46. The Morgan fingerprint density at radius 3 is 2.50 bits per heavy atom. The van der Waals surface area contributed by atoms with Gasteiger partial charge >= 0.3 is 6.03 Å². The van der Waals surface area contributed by atoms with Gasteiger partial charge in [-0.05, 0) is 38.4 Å². The first-order valence-electron chi connectivity index (χ1n) is 5.03. The quantitative estimate of drug-likeness (QED) is 0.815. The second-order valence-corrected chi connectivity index (χ2v) is 3.69. The van der Waals surface area contributed by atoms with E-state index in [-0.39, 0.29) is 11.8 Å². The number of rotatable bonds is 4. The van der Waals surface area contributed by atoms with Crippen molar-refractivity contribution >= 4 is 11.7 Å². The largest absolute Gasteiger partial charge is 0.337 e. The van der Waals surface area contributed by atoms with Gasteiger partial charge in [-0.15, -0.1) is 0 Å². The molecule has 88 valence electrons. The normalized spacial score (nSPS) is 10.2. The lowest BCUT2D eigenvalue weighted by Crippen LogP contribution is -2.34. The maximum absolute atomic E-state index is 12.6. The average Bonchev–Trinajstić information content (AvgIpc) is 2.21. The van der Waals surface area contributed by atoms with Gasteiger partial charge in [-0.1, -0.05) is 0 Å². The van der Waals surface area contributed by atoms with Crippen LogP contribution in [0.2, 0.25) is 0 Å². The van der Waals surface area contributed by atoms with Crippen LogP contribution in [0.5, 0.6) is 0 Å². The van der Waals surface area contributed by atoms with Gasteiger partial charge in [0.2, 0.25) is 0 Å². The van der Waals surface area contributed by atoms with Gasteiger partial charge in [-0.3, -0.25) is 0 Å². The third-order valence-corrected chi connectivity index (χ3v) is 1.95. The lowest BCUT2D eigenvalue weighted by atomic mass is 10.3. The number of likely N-dealkylation sites (N-methyl/N-ethyl adjacent to an activating group) is 1. The molecule has 0 spiro atoms. The van der Waals surface area contributed by atoms with Crippen LogP contribution in [0.3, 0.4) is 0 Å². The van der Waals surface area contributed by atoms with E-state index in [0.717, 1.165) is 6.54 Å². The lowest BCUT2D eigenvalue weighted by Gasteiger charge is -2.11. The van der Waals surface area contributed by atoms with Crippen molar-refractivity contribution in [1.82, 2.24) is 10.2 Å². The maximum atomic E-state index is 12.6. The van der Waals surface area contributed by atoms with Crippen molar-refractivity contribution in [2.24, 2.45) is 0 Å². The fourth-order valence-electron chi connectivity index (χ4n) is 1.10. The van der Waals surface area contributed by atoms with Crippen LogP contribution < -0.4 is 10.6 Å². The van der Waals surface area contributed by atoms with E-state index in [1.165, 1.54) is 24.3 Å².